The van der Waals surface area contributed by atoms with Crippen molar-refractivity contribution >= 4 is 28.3 Å². The van der Waals surface area contributed by atoms with Gasteiger partial charge in [0.05, 0.1) is 10.1 Å². The van der Waals surface area contributed by atoms with E-state index in [0.717, 1.165) is 11.3 Å². The fourth-order valence-electron chi connectivity index (χ4n) is 1.54. The first-order chi connectivity index (χ1) is 8.08. The van der Waals surface area contributed by atoms with Crippen molar-refractivity contribution in [2.75, 3.05) is 5.73 Å². The van der Waals surface area contributed by atoms with Crippen molar-refractivity contribution in [2.45, 2.75) is 13.5 Å². The number of nitrogen functional groups attached to an aromatic ring is 1. The van der Waals surface area contributed by atoms with Crippen molar-refractivity contribution < 1.29 is 0 Å². The highest BCUT2D eigenvalue weighted by Gasteiger charge is 2.05. The Bertz CT molecular complexity index is 590. The monoisotopic (exact) mass is 341 g/mol. The fraction of sp³-hybridized carbons (Fsp3) is 0.167. The number of hydrogen-bond acceptors (Lipinski definition) is 3. The van der Waals surface area contributed by atoms with Gasteiger partial charge < -0.3 is 5.73 Å². The maximum Gasteiger partial charge on any atom is 0.267 e. The first-order valence-corrected chi connectivity index (χ1v) is 6.22. The smallest absolute Gasteiger partial charge is 0.267 e. The Morgan fingerprint density at radius 3 is 2.65 bits per heavy atom. The van der Waals surface area contributed by atoms with Crippen molar-refractivity contribution in [2.24, 2.45) is 0 Å². The molecule has 17 heavy (non-hydrogen) atoms. The van der Waals surface area contributed by atoms with E-state index < -0.39 is 0 Å². The van der Waals surface area contributed by atoms with Gasteiger partial charge in [0, 0.05) is 11.9 Å². The molecular formula is C12H12IN3O. The van der Waals surface area contributed by atoms with Gasteiger partial charge in [-0.15, -0.1) is 0 Å². The fourth-order valence-corrected chi connectivity index (χ4v) is 1.97. The number of aryl methyl sites for hydroxylation is 1. The molecule has 0 amide bonds. The average molecular weight is 341 g/mol. The van der Waals surface area contributed by atoms with Crippen LogP contribution in [0, 0.1) is 10.5 Å². The van der Waals surface area contributed by atoms with Crippen LogP contribution in [0.15, 0.2) is 35.3 Å². The molecule has 5 heteroatoms. The Balaban J connectivity index is 2.39. The maximum absolute atomic E-state index is 12.0. The van der Waals surface area contributed by atoms with Gasteiger partial charge in [0.15, 0.2) is 0 Å². The molecule has 0 bridgehead atoms. The second-order valence-corrected chi connectivity index (χ2v) is 4.95. The standard InChI is InChI=1S/C12H12IN3O/c1-8-15-6-11(13)12(17)16(8)7-9-2-4-10(14)5-3-9/h2-6H,7,14H2,1H3. The molecule has 0 aliphatic rings. The summed E-state index contributed by atoms with van der Waals surface area (Å²) in [6.45, 7) is 2.35. The van der Waals surface area contributed by atoms with E-state index in [1.807, 2.05) is 53.8 Å². The predicted molar refractivity (Wildman–Crippen MR) is 75.9 cm³/mol. The summed E-state index contributed by atoms with van der Waals surface area (Å²) >= 11 is 2.00. The zero-order chi connectivity index (χ0) is 12.4. The molecule has 1 aromatic heterocycles. The van der Waals surface area contributed by atoms with Crippen LogP contribution in [0.4, 0.5) is 5.69 Å². The molecule has 0 saturated carbocycles. The maximum atomic E-state index is 12.0. The highest BCUT2D eigenvalue weighted by Crippen LogP contribution is 2.07. The quantitative estimate of drug-likeness (QED) is 0.669. The van der Waals surface area contributed by atoms with Gasteiger partial charge in [0.25, 0.3) is 5.56 Å². The van der Waals surface area contributed by atoms with Gasteiger partial charge in [-0.2, -0.15) is 0 Å². The molecule has 0 spiro atoms. The van der Waals surface area contributed by atoms with E-state index >= 15 is 0 Å². The largest absolute Gasteiger partial charge is 0.399 e. The van der Waals surface area contributed by atoms with Gasteiger partial charge in [-0.25, -0.2) is 4.98 Å². The highest BCUT2D eigenvalue weighted by molar-refractivity contribution is 14.1. The number of aromatic nitrogens is 2. The summed E-state index contributed by atoms with van der Waals surface area (Å²) in [6.07, 6.45) is 1.59. The van der Waals surface area contributed by atoms with Gasteiger partial charge in [-0.3, -0.25) is 9.36 Å². The summed E-state index contributed by atoms with van der Waals surface area (Å²) in [7, 11) is 0. The molecule has 88 valence electrons. The van der Waals surface area contributed by atoms with Crippen LogP contribution < -0.4 is 11.3 Å². The molecule has 0 atom stereocenters. The van der Waals surface area contributed by atoms with Gasteiger partial charge >= 0.3 is 0 Å². The highest BCUT2D eigenvalue weighted by atomic mass is 127. The number of nitrogens with zero attached hydrogens (tertiary/aromatic N) is 2. The number of rotatable bonds is 2. The summed E-state index contributed by atoms with van der Waals surface area (Å²) in [5.74, 6) is 0.715. The molecule has 2 N–H and O–H groups in total. The SMILES string of the molecule is Cc1ncc(I)c(=O)n1Cc1ccc(N)cc1. The Morgan fingerprint density at radius 2 is 2.00 bits per heavy atom. The minimum Gasteiger partial charge on any atom is -0.399 e. The first-order valence-electron chi connectivity index (χ1n) is 5.14. The molecule has 1 aromatic carbocycles. The lowest BCUT2D eigenvalue weighted by atomic mass is 10.2. The minimum absolute atomic E-state index is 0.00470. The van der Waals surface area contributed by atoms with Crippen LogP contribution in [-0.4, -0.2) is 9.55 Å². The van der Waals surface area contributed by atoms with Crippen molar-refractivity contribution in [1.29, 1.82) is 0 Å². The first kappa shape index (κ1) is 12.1. The molecule has 0 unspecified atom stereocenters. The van der Waals surface area contributed by atoms with Crippen molar-refractivity contribution in [3.05, 3.63) is 55.8 Å². The minimum atomic E-state index is -0.00470. The Hall–Kier alpha value is -1.37. The van der Waals surface area contributed by atoms with Gasteiger partial charge in [-0.1, -0.05) is 12.1 Å². The van der Waals surface area contributed by atoms with Crippen molar-refractivity contribution in [1.82, 2.24) is 9.55 Å². The van der Waals surface area contributed by atoms with Gasteiger partial charge in [0.2, 0.25) is 0 Å². The number of halogens is 1. The van der Waals surface area contributed by atoms with E-state index in [1.54, 1.807) is 10.8 Å². The number of anilines is 1. The lowest BCUT2D eigenvalue weighted by Crippen LogP contribution is -2.26. The predicted octanol–water partition coefficient (Wildman–Crippen LogP) is 1.79. The van der Waals surface area contributed by atoms with E-state index in [4.69, 9.17) is 5.73 Å². The van der Waals surface area contributed by atoms with E-state index in [2.05, 4.69) is 4.98 Å². The van der Waals surface area contributed by atoms with Crippen LogP contribution in [-0.2, 0) is 6.54 Å². The molecule has 0 fully saturated rings. The molecule has 4 nitrogen and oxygen atoms in total. The Morgan fingerprint density at radius 1 is 1.35 bits per heavy atom. The van der Waals surface area contributed by atoms with Gasteiger partial charge in [-0.05, 0) is 47.2 Å². The second kappa shape index (κ2) is 4.87. The lowest BCUT2D eigenvalue weighted by Gasteiger charge is -2.09. The number of nitrogens with two attached hydrogens (primary N) is 1. The van der Waals surface area contributed by atoms with Crippen LogP contribution in [0.5, 0.6) is 0 Å². The lowest BCUT2D eigenvalue weighted by molar-refractivity contribution is 0.695. The molecule has 1 heterocycles. The second-order valence-electron chi connectivity index (χ2n) is 3.79. The van der Waals surface area contributed by atoms with Gasteiger partial charge in [0.1, 0.15) is 5.82 Å². The topological polar surface area (TPSA) is 60.9 Å². The third kappa shape index (κ3) is 2.66. The Labute approximate surface area is 113 Å². The molecule has 0 saturated heterocycles. The molecule has 0 aliphatic heterocycles. The summed E-state index contributed by atoms with van der Waals surface area (Å²) in [5.41, 5.74) is 7.37. The summed E-state index contributed by atoms with van der Waals surface area (Å²) in [5, 5.41) is 0. The third-order valence-corrected chi connectivity index (χ3v) is 3.27. The Kier molecular flexibility index (Phi) is 3.46. The number of hydrogen-bond donors (Lipinski definition) is 1. The molecule has 2 aromatic rings. The van der Waals surface area contributed by atoms with Crippen LogP contribution in [0.3, 0.4) is 0 Å². The zero-order valence-electron chi connectivity index (χ0n) is 9.35. The van der Waals surface area contributed by atoms with Crippen LogP contribution in [0.1, 0.15) is 11.4 Å². The number of benzene rings is 1. The summed E-state index contributed by atoms with van der Waals surface area (Å²) in [4.78, 5) is 16.1. The van der Waals surface area contributed by atoms with Crippen LogP contribution in [0.25, 0.3) is 0 Å². The zero-order valence-corrected chi connectivity index (χ0v) is 11.5. The summed E-state index contributed by atoms with van der Waals surface area (Å²) in [6, 6.07) is 7.50. The molecule has 0 aliphatic carbocycles. The third-order valence-electron chi connectivity index (χ3n) is 2.53. The van der Waals surface area contributed by atoms with Crippen LogP contribution >= 0.6 is 22.6 Å². The van der Waals surface area contributed by atoms with Crippen molar-refractivity contribution in [3.8, 4) is 0 Å². The molecule has 0 radical (unpaired) electrons. The average Bonchev–Trinajstić information content (AvgIpc) is 2.32. The van der Waals surface area contributed by atoms with E-state index in [0.29, 0.717) is 15.9 Å². The van der Waals surface area contributed by atoms with Crippen LogP contribution in [0.2, 0.25) is 0 Å². The van der Waals surface area contributed by atoms with E-state index in [-0.39, 0.29) is 5.56 Å². The van der Waals surface area contributed by atoms with Crippen molar-refractivity contribution in [3.63, 3.8) is 0 Å². The molecular weight excluding hydrogens is 329 g/mol. The summed E-state index contributed by atoms with van der Waals surface area (Å²) < 4.78 is 2.29. The van der Waals surface area contributed by atoms with E-state index in [9.17, 15) is 4.79 Å². The van der Waals surface area contributed by atoms with E-state index in [1.165, 1.54) is 0 Å². The normalized spacial score (nSPS) is 10.5. The molecule has 2 rings (SSSR count).